The van der Waals surface area contributed by atoms with Crippen LogP contribution in [0.25, 0.3) is 11.0 Å². The number of aromatic nitrogens is 2. The summed E-state index contributed by atoms with van der Waals surface area (Å²) in [5.74, 6) is 0. The number of hydrogen-bond acceptors (Lipinski definition) is 3. The molecule has 21 heavy (non-hydrogen) atoms. The summed E-state index contributed by atoms with van der Waals surface area (Å²) in [6, 6.07) is 14.0. The lowest BCUT2D eigenvalue weighted by molar-refractivity contribution is 0.729. The van der Waals surface area contributed by atoms with E-state index in [1.165, 1.54) is 5.56 Å². The first-order valence-corrected chi connectivity index (χ1v) is 7.98. The average Bonchev–Trinajstić information content (AvgIpc) is 2.83. The quantitative estimate of drug-likeness (QED) is 0.756. The molecule has 1 heterocycles. The van der Waals surface area contributed by atoms with E-state index in [0.29, 0.717) is 0 Å². The second-order valence-electron chi connectivity index (χ2n) is 5.09. The van der Waals surface area contributed by atoms with Crippen molar-refractivity contribution in [3.63, 3.8) is 0 Å². The highest BCUT2D eigenvalue weighted by molar-refractivity contribution is 7.99. The number of imidazole rings is 1. The molecule has 0 aliphatic heterocycles. The van der Waals surface area contributed by atoms with Gasteiger partial charge in [0.2, 0.25) is 0 Å². The van der Waals surface area contributed by atoms with Gasteiger partial charge in [-0.1, -0.05) is 41.6 Å². The van der Waals surface area contributed by atoms with Crippen molar-refractivity contribution in [1.29, 1.82) is 0 Å². The largest absolute Gasteiger partial charge is 0.333 e. The zero-order valence-electron chi connectivity index (χ0n) is 11.6. The van der Waals surface area contributed by atoms with Gasteiger partial charge in [-0.25, -0.2) is 4.98 Å². The minimum atomic E-state index is 0.112. The molecular formula is C16H16ClN3S. The van der Waals surface area contributed by atoms with Crippen LogP contribution in [0.2, 0.25) is 5.02 Å². The Morgan fingerprint density at radius 1 is 1.29 bits per heavy atom. The molecule has 1 aromatic heterocycles. The van der Waals surface area contributed by atoms with Gasteiger partial charge in [0, 0.05) is 16.0 Å². The van der Waals surface area contributed by atoms with Crippen LogP contribution < -0.4 is 5.73 Å². The zero-order chi connectivity index (χ0) is 14.8. The Morgan fingerprint density at radius 2 is 2.10 bits per heavy atom. The Labute approximate surface area is 132 Å². The molecule has 0 radical (unpaired) electrons. The van der Waals surface area contributed by atoms with Gasteiger partial charge >= 0.3 is 0 Å². The van der Waals surface area contributed by atoms with Crippen LogP contribution in [0, 0.1) is 0 Å². The molecule has 0 aliphatic rings. The first-order chi connectivity index (χ1) is 10.1. The molecule has 3 rings (SSSR count). The molecule has 2 aromatic carbocycles. The maximum Gasteiger partial charge on any atom is 0.171 e. The minimum Gasteiger partial charge on any atom is -0.333 e. The van der Waals surface area contributed by atoms with Gasteiger partial charge < -0.3 is 10.7 Å². The number of H-pyrrole nitrogens is 1. The van der Waals surface area contributed by atoms with Gasteiger partial charge in [0.05, 0.1) is 11.0 Å². The molecular weight excluding hydrogens is 302 g/mol. The van der Waals surface area contributed by atoms with Crippen LogP contribution >= 0.6 is 23.4 Å². The Bertz CT molecular complexity index is 734. The van der Waals surface area contributed by atoms with E-state index < -0.39 is 0 Å². The molecule has 5 heteroatoms. The highest BCUT2D eigenvalue weighted by Crippen LogP contribution is 2.32. The number of nitrogens with two attached hydrogens (primary N) is 1. The van der Waals surface area contributed by atoms with Crippen molar-refractivity contribution >= 4 is 34.4 Å². The number of hydrogen-bond donors (Lipinski definition) is 2. The summed E-state index contributed by atoms with van der Waals surface area (Å²) in [6.07, 6.45) is 0.819. The molecule has 1 atom stereocenters. The number of benzene rings is 2. The maximum absolute atomic E-state index is 6.12. The van der Waals surface area contributed by atoms with Crippen LogP contribution in [0.1, 0.15) is 12.5 Å². The number of para-hydroxylation sites is 2. The fraction of sp³-hybridized carbons (Fsp3) is 0.188. The fourth-order valence-corrected chi connectivity index (χ4v) is 3.44. The molecule has 0 aliphatic carbocycles. The van der Waals surface area contributed by atoms with Gasteiger partial charge in [-0.15, -0.1) is 0 Å². The van der Waals surface area contributed by atoms with E-state index in [9.17, 15) is 0 Å². The van der Waals surface area contributed by atoms with Gasteiger partial charge in [0.1, 0.15) is 0 Å². The van der Waals surface area contributed by atoms with E-state index in [1.807, 2.05) is 49.4 Å². The Morgan fingerprint density at radius 3 is 2.86 bits per heavy atom. The molecule has 0 saturated heterocycles. The Balaban J connectivity index is 1.94. The van der Waals surface area contributed by atoms with E-state index in [1.54, 1.807) is 11.8 Å². The topological polar surface area (TPSA) is 54.7 Å². The predicted molar refractivity (Wildman–Crippen MR) is 89.0 cm³/mol. The summed E-state index contributed by atoms with van der Waals surface area (Å²) >= 11 is 7.71. The van der Waals surface area contributed by atoms with Crippen LogP contribution in [-0.2, 0) is 6.42 Å². The lowest BCUT2D eigenvalue weighted by Gasteiger charge is -2.10. The second kappa shape index (κ2) is 6.10. The summed E-state index contributed by atoms with van der Waals surface area (Å²) in [6.45, 7) is 2.00. The summed E-state index contributed by atoms with van der Waals surface area (Å²) in [4.78, 5) is 9.01. The smallest absolute Gasteiger partial charge is 0.171 e. The van der Waals surface area contributed by atoms with Crippen molar-refractivity contribution in [1.82, 2.24) is 9.97 Å². The van der Waals surface area contributed by atoms with Gasteiger partial charge in [-0.05, 0) is 43.2 Å². The van der Waals surface area contributed by atoms with Crippen molar-refractivity contribution < 1.29 is 0 Å². The lowest BCUT2D eigenvalue weighted by atomic mass is 10.1. The Hall–Kier alpha value is -1.49. The van der Waals surface area contributed by atoms with Crippen LogP contribution in [0.15, 0.2) is 52.5 Å². The first kappa shape index (κ1) is 14.4. The molecule has 0 spiro atoms. The van der Waals surface area contributed by atoms with Crippen LogP contribution in [-0.4, -0.2) is 16.0 Å². The monoisotopic (exact) mass is 317 g/mol. The van der Waals surface area contributed by atoms with Crippen LogP contribution in [0.3, 0.4) is 0 Å². The van der Waals surface area contributed by atoms with Crippen LogP contribution in [0.5, 0.6) is 0 Å². The predicted octanol–water partition coefficient (Wildman–Crippen LogP) is 4.26. The molecule has 0 amide bonds. The summed E-state index contributed by atoms with van der Waals surface area (Å²) in [5.41, 5.74) is 9.12. The van der Waals surface area contributed by atoms with Gasteiger partial charge in [0.15, 0.2) is 5.16 Å². The van der Waals surface area contributed by atoms with E-state index in [0.717, 1.165) is 32.5 Å². The van der Waals surface area contributed by atoms with Gasteiger partial charge in [-0.3, -0.25) is 0 Å². The van der Waals surface area contributed by atoms with Gasteiger partial charge in [0.25, 0.3) is 0 Å². The van der Waals surface area contributed by atoms with E-state index in [2.05, 4.69) is 9.97 Å². The van der Waals surface area contributed by atoms with Crippen LogP contribution in [0.4, 0.5) is 0 Å². The zero-order valence-corrected chi connectivity index (χ0v) is 13.2. The van der Waals surface area contributed by atoms with Crippen molar-refractivity contribution in [2.24, 2.45) is 5.73 Å². The standard InChI is InChI=1S/C16H16ClN3S/c1-10(18)8-11-6-7-12(17)9-15(11)21-16-19-13-4-2-3-5-14(13)20-16/h2-7,9-10H,8,18H2,1H3,(H,19,20). The average molecular weight is 318 g/mol. The third kappa shape index (κ3) is 3.40. The summed E-state index contributed by atoms with van der Waals surface area (Å²) < 4.78 is 0. The number of nitrogens with one attached hydrogen (secondary N) is 1. The second-order valence-corrected chi connectivity index (χ2v) is 6.56. The third-order valence-electron chi connectivity index (χ3n) is 3.15. The molecule has 3 nitrogen and oxygen atoms in total. The molecule has 108 valence electrons. The number of halogens is 1. The number of nitrogens with zero attached hydrogens (tertiary/aromatic N) is 1. The van der Waals surface area contributed by atoms with E-state index in [4.69, 9.17) is 17.3 Å². The summed E-state index contributed by atoms with van der Waals surface area (Å²) in [5, 5.41) is 1.59. The minimum absolute atomic E-state index is 0.112. The van der Waals surface area contributed by atoms with Gasteiger partial charge in [-0.2, -0.15) is 0 Å². The number of rotatable bonds is 4. The molecule has 0 fully saturated rings. The van der Waals surface area contributed by atoms with E-state index in [-0.39, 0.29) is 6.04 Å². The van der Waals surface area contributed by atoms with Crippen molar-refractivity contribution in [2.75, 3.05) is 0 Å². The summed E-state index contributed by atoms with van der Waals surface area (Å²) in [7, 11) is 0. The van der Waals surface area contributed by atoms with Crippen molar-refractivity contribution in [3.8, 4) is 0 Å². The molecule has 1 unspecified atom stereocenters. The normalized spacial score (nSPS) is 12.7. The lowest BCUT2D eigenvalue weighted by Crippen LogP contribution is -2.18. The highest BCUT2D eigenvalue weighted by Gasteiger charge is 2.10. The number of fused-ring (bicyclic) bond motifs is 1. The van der Waals surface area contributed by atoms with Crippen molar-refractivity contribution in [3.05, 3.63) is 53.1 Å². The first-order valence-electron chi connectivity index (χ1n) is 6.78. The molecule has 0 bridgehead atoms. The SMILES string of the molecule is CC(N)Cc1ccc(Cl)cc1Sc1nc2ccccc2[nH]1. The fourth-order valence-electron chi connectivity index (χ4n) is 2.22. The van der Waals surface area contributed by atoms with Crippen molar-refractivity contribution in [2.45, 2.75) is 29.4 Å². The molecule has 3 N–H and O–H groups in total. The third-order valence-corrected chi connectivity index (χ3v) is 4.37. The maximum atomic E-state index is 6.12. The number of aromatic amines is 1. The molecule has 3 aromatic rings. The Kier molecular flexibility index (Phi) is 4.19. The molecule has 0 saturated carbocycles. The highest BCUT2D eigenvalue weighted by atomic mass is 35.5. The van der Waals surface area contributed by atoms with E-state index >= 15 is 0 Å².